The van der Waals surface area contributed by atoms with Crippen molar-refractivity contribution >= 4 is 50.4 Å². The monoisotopic (exact) mass is 308 g/mol. The maximum atomic E-state index is 6.14. The molecule has 3 rings (SSSR count). The van der Waals surface area contributed by atoms with Crippen molar-refractivity contribution in [1.82, 2.24) is 4.98 Å². The average molecular weight is 309 g/mol. The quantitative estimate of drug-likeness (QED) is 0.718. The van der Waals surface area contributed by atoms with E-state index in [4.69, 9.17) is 23.2 Å². The summed E-state index contributed by atoms with van der Waals surface area (Å²) in [7, 11) is 0. The molecule has 0 fully saturated rings. The summed E-state index contributed by atoms with van der Waals surface area (Å²) < 4.78 is 1.04. The molecule has 0 aliphatic carbocycles. The van der Waals surface area contributed by atoms with Crippen LogP contribution in [-0.2, 0) is 6.54 Å². The number of nitrogens with zero attached hydrogens (tertiary/aromatic N) is 1. The lowest BCUT2D eigenvalue weighted by molar-refractivity contribution is 1.12. The van der Waals surface area contributed by atoms with Crippen LogP contribution in [0.4, 0.5) is 5.69 Å². The van der Waals surface area contributed by atoms with Gasteiger partial charge in [-0.25, -0.2) is 4.98 Å². The van der Waals surface area contributed by atoms with E-state index in [0.29, 0.717) is 6.54 Å². The molecule has 1 N–H and O–H groups in total. The molecule has 1 heterocycles. The lowest BCUT2D eigenvalue weighted by atomic mass is 10.3. The standard InChI is InChI=1S/C14H10Cl2N2S/c15-9-4-6-10(7-5-9)17-8-13-18-12-3-1-2-11(16)14(12)19-13/h1-7,17H,8H2. The van der Waals surface area contributed by atoms with Gasteiger partial charge in [-0.15, -0.1) is 11.3 Å². The van der Waals surface area contributed by atoms with E-state index in [1.165, 1.54) is 0 Å². The van der Waals surface area contributed by atoms with E-state index in [9.17, 15) is 0 Å². The van der Waals surface area contributed by atoms with Gasteiger partial charge in [0.2, 0.25) is 0 Å². The number of halogens is 2. The summed E-state index contributed by atoms with van der Waals surface area (Å²) in [5.74, 6) is 0. The van der Waals surface area contributed by atoms with E-state index in [1.807, 2.05) is 42.5 Å². The fourth-order valence-corrected chi connectivity index (χ4v) is 3.10. The minimum Gasteiger partial charge on any atom is -0.379 e. The molecule has 96 valence electrons. The van der Waals surface area contributed by atoms with Gasteiger partial charge in [-0.3, -0.25) is 0 Å². The molecule has 0 atom stereocenters. The molecule has 19 heavy (non-hydrogen) atoms. The Balaban J connectivity index is 1.78. The largest absolute Gasteiger partial charge is 0.379 e. The Hall–Kier alpha value is -1.29. The normalized spacial score (nSPS) is 10.8. The SMILES string of the molecule is Clc1ccc(NCc2nc3cccc(Cl)c3s2)cc1. The van der Waals surface area contributed by atoms with E-state index in [-0.39, 0.29) is 0 Å². The smallest absolute Gasteiger partial charge is 0.113 e. The molecule has 0 aliphatic rings. The summed E-state index contributed by atoms with van der Waals surface area (Å²) in [6, 6.07) is 13.4. The van der Waals surface area contributed by atoms with Crippen molar-refractivity contribution in [2.45, 2.75) is 6.54 Å². The molecule has 0 saturated heterocycles. The number of aromatic nitrogens is 1. The first-order valence-corrected chi connectivity index (χ1v) is 7.33. The fourth-order valence-electron chi connectivity index (χ4n) is 1.78. The Labute approximate surface area is 125 Å². The first-order valence-electron chi connectivity index (χ1n) is 5.76. The van der Waals surface area contributed by atoms with Gasteiger partial charge >= 0.3 is 0 Å². The Morgan fingerprint density at radius 2 is 1.84 bits per heavy atom. The molecule has 2 aromatic carbocycles. The van der Waals surface area contributed by atoms with Crippen LogP contribution < -0.4 is 5.32 Å². The fraction of sp³-hybridized carbons (Fsp3) is 0.0714. The van der Waals surface area contributed by atoms with Crippen molar-refractivity contribution in [2.24, 2.45) is 0 Å². The van der Waals surface area contributed by atoms with E-state index in [1.54, 1.807) is 11.3 Å². The van der Waals surface area contributed by atoms with Gasteiger partial charge < -0.3 is 5.32 Å². The zero-order valence-corrected chi connectivity index (χ0v) is 12.2. The number of hydrogen-bond acceptors (Lipinski definition) is 3. The van der Waals surface area contributed by atoms with Crippen LogP contribution in [0.5, 0.6) is 0 Å². The molecule has 0 amide bonds. The third-order valence-electron chi connectivity index (χ3n) is 2.70. The van der Waals surface area contributed by atoms with Gasteiger partial charge in [-0.2, -0.15) is 0 Å². The second-order valence-corrected chi connectivity index (χ2v) is 5.98. The second-order valence-electron chi connectivity index (χ2n) is 4.06. The second kappa shape index (κ2) is 5.37. The summed E-state index contributed by atoms with van der Waals surface area (Å²) in [6.45, 7) is 0.678. The van der Waals surface area contributed by atoms with Crippen molar-refractivity contribution in [3.63, 3.8) is 0 Å². The molecule has 0 saturated carbocycles. The number of thiazole rings is 1. The van der Waals surface area contributed by atoms with Gasteiger partial charge in [-0.1, -0.05) is 29.3 Å². The van der Waals surface area contributed by atoms with Crippen LogP contribution in [0.15, 0.2) is 42.5 Å². The van der Waals surface area contributed by atoms with Gasteiger partial charge in [0, 0.05) is 10.7 Å². The van der Waals surface area contributed by atoms with E-state index >= 15 is 0 Å². The van der Waals surface area contributed by atoms with Crippen LogP contribution in [0.25, 0.3) is 10.2 Å². The van der Waals surface area contributed by atoms with Crippen molar-refractivity contribution in [2.75, 3.05) is 5.32 Å². The van der Waals surface area contributed by atoms with Crippen LogP contribution in [-0.4, -0.2) is 4.98 Å². The molecule has 3 aromatic rings. The first-order chi connectivity index (χ1) is 9.22. The minimum absolute atomic E-state index is 0.678. The lowest BCUT2D eigenvalue weighted by Gasteiger charge is -2.03. The average Bonchev–Trinajstić information content (AvgIpc) is 2.83. The van der Waals surface area contributed by atoms with Crippen LogP contribution in [0, 0.1) is 0 Å². The van der Waals surface area contributed by atoms with Crippen molar-refractivity contribution in [1.29, 1.82) is 0 Å². The number of rotatable bonds is 3. The van der Waals surface area contributed by atoms with Crippen LogP contribution in [0.1, 0.15) is 5.01 Å². The summed E-state index contributed by atoms with van der Waals surface area (Å²) in [5, 5.41) is 5.82. The lowest BCUT2D eigenvalue weighted by Crippen LogP contribution is -1.98. The molecule has 0 bridgehead atoms. The highest BCUT2D eigenvalue weighted by Crippen LogP contribution is 2.29. The van der Waals surface area contributed by atoms with Gasteiger partial charge in [0.05, 0.1) is 21.8 Å². The predicted octanol–water partition coefficient (Wildman–Crippen LogP) is 5.22. The Morgan fingerprint density at radius 3 is 2.58 bits per heavy atom. The molecule has 5 heteroatoms. The van der Waals surface area contributed by atoms with Gasteiger partial charge in [-0.05, 0) is 36.4 Å². The zero-order valence-electron chi connectivity index (χ0n) is 9.86. The predicted molar refractivity (Wildman–Crippen MR) is 83.4 cm³/mol. The Morgan fingerprint density at radius 1 is 1.05 bits per heavy atom. The maximum absolute atomic E-state index is 6.14. The minimum atomic E-state index is 0.678. The highest BCUT2D eigenvalue weighted by molar-refractivity contribution is 7.19. The third-order valence-corrected chi connectivity index (χ3v) is 4.48. The third kappa shape index (κ3) is 2.84. The van der Waals surface area contributed by atoms with E-state index in [2.05, 4.69) is 10.3 Å². The molecule has 0 unspecified atom stereocenters. The Bertz CT molecular complexity index is 707. The zero-order chi connectivity index (χ0) is 13.2. The Kier molecular flexibility index (Phi) is 3.60. The highest BCUT2D eigenvalue weighted by atomic mass is 35.5. The molecule has 2 nitrogen and oxygen atoms in total. The first kappa shape index (κ1) is 12.7. The van der Waals surface area contributed by atoms with E-state index in [0.717, 1.165) is 31.0 Å². The van der Waals surface area contributed by atoms with E-state index < -0.39 is 0 Å². The molecular weight excluding hydrogens is 299 g/mol. The highest BCUT2D eigenvalue weighted by Gasteiger charge is 2.06. The molecule has 0 spiro atoms. The van der Waals surface area contributed by atoms with Crippen molar-refractivity contribution < 1.29 is 0 Å². The number of fused-ring (bicyclic) bond motifs is 1. The topological polar surface area (TPSA) is 24.9 Å². The van der Waals surface area contributed by atoms with Crippen LogP contribution in [0.3, 0.4) is 0 Å². The number of anilines is 1. The molecule has 1 aromatic heterocycles. The number of benzene rings is 2. The maximum Gasteiger partial charge on any atom is 0.113 e. The number of nitrogens with one attached hydrogen (secondary N) is 1. The summed E-state index contributed by atoms with van der Waals surface area (Å²) in [5.41, 5.74) is 1.97. The van der Waals surface area contributed by atoms with Crippen molar-refractivity contribution in [3.8, 4) is 0 Å². The van der Waals surface area contributed by atoms with Crippen LogP contribution >= 0.6 is 34.5 Å². The summed E-state index contributed by atoms with van der Waals surface area (Å²) in [6.07, 6.45) is 0. The molecule has 0 radical (unpaired) electrons. The number of hydrogen-bond donors (Lipinski definition) is 1. The van der Waals surface area contributed by atoms with Crippen LogP contribution in [0.2, 0.25) is 10.0 Å². The van der Waals surface area contributed by atoms with Gasteiger partial charge in [0.15, 0.2) is 0 Å². The van der Waals surface area contributed by atoms with Gasteiger partial charge in [0.1, 0.15) is 5.01 Å². The summed E-state index contributed by atoms with van der Waals surface area (Å²) in [4.78, 5) is 4.55. The van der Waals surface area contributed by atoms with Crippen molar-refractivity contribution in [3.05, 3.63) is 57.5 Å². The van der Waals surface area contributed by atoms with Gasteiger partial charge in [0.25, 0.3) is 0 Å². The molecule has 0 aliphatic heterocycles. The summed E-state index contributed by atoms with van der Waals surface area (Å²) >= 11 is 13.6. The molecular formula is C14H10Cl2N2S.